The first kappa shape index (κ1) is 30.3. The van der Waals surface area contributed by atoms with Crippen LogP contribution >= 0.6 is 0 Å². The zero-order chi connectivity index (χ0) is 28.6. The number of carbonyl (C=O) groups excluding carboxylic acids is 4. The van der Waals surface area contributed by atoms with Crippen LogP contribution in [0.2, 0.25) is 0 Å². The fourth-order valence-corrected chi connectivity index (χ4v) is 3.85. The molecule has 38 heavy (non-hydrogen) atoms. The monoisotopic (exact) mass is 529 g/mol. The average Bonchev–Trinajstić information content (AvgIpc) is 3.18. The fourth-order valence-electron chi connectivity index (χ4n) is 3.85. The molecule has 0 unspecified atom stereocenters. The van der Waals surface area contributed by atoms with Crippen LogP contribution in [0.1, 0.15) is 53.0 Å². The summed E-state index contributed by atoms with van der Waals surface area (Å²) in [6.45, 7) is 12.0. The van der Waals surface area contributed by atoms with Crippen molar-refractivity contribution < 1.29 is 33.8 Å². The number of hydrogen-bond acceptors (Lipinski definition) is 6. The molecule has 3 amide bonds. The van der Waals surface area contributed by atoms with Crippen LogP contribution in [-0.4, -0.2) is 63.5 Å². The van der Waals surface area contributed by atoms with Gasteiger partial charge in [-0.15, -0.1) is 0 Å². The van der Waals surface area contributed by atoms with Gasteiger partial charge in [0.1, 0.15) is 17.7 Å². The molecule has 0 saturated heterocycles. The lowest BCUT2D eigenvalue weighted by Gasteiger charge is -2.26. The minimum Gasteiger partial charge on any atom is -0.481 e. The van der Waals surface area contributed by atoms with Gasteiger partial charge in [0.05, 0.1) is 12.5 Å². The van der Waals surface area contributed by atoms with Gasteiger partial charge in [-0.2, -0.15) is 0 Å². The molecule has 0 aliphatic heterocycles. The Balaban J connectivity index is 2.29. The predicted octanol–water partition coefficient (Wildman–Crippen LogP) is 2.50. The Bertz CT molecular complexity index is 1170. The van der Waals surface area contributed by atoms with Gasteiger partial charge in [0.2, 0.25) is 11.8 Å². The standard InChI is InChI=1S/C27H37N4O7/c1-15(2)11-21(24(35)29-20(16(3)32)13-23(33)34)30-25(36)22(31-26(37)38-27(4,5)6)12-17-14-28-19-10-8-7-9-18(17)19/h7-10,14-15,20-22,28H,3,11-13H2,1-2,4-6H3,(H,29,35)(H,30,36)(H,31,37)(H,33,34)/t20-,21-,22-/m0/s1. The number of carboxylic acid groups (broad SMARTS) is 1. The Morgan fingerprint density at radius 3 is 2.16 bits per heavy atom. The maximum absolute atomic E-state index is 13.5. The molecule has 0 aliphatic rings. The normalized spacial score (nSPS) is 13.9. The SMILES string of the molecule is [CH2]C(=O)[C@H](CC(=O)O)NC(=O)[C@H](CC(C)C)NC(=O)[C@H](Cc1c[nH]c2ccccc12)NC(=O)OC(C)(C)C. The molecule has 2 rings (SSSR count). The van der Waals surface area contributed by atoms with Crippen LogP contribution in [-0.2, 0) is 30.3 Å². The third kappa shape index (κ3) is 9.53. The number of H-pyrrole nitrogens is 1. The van der Waals surface area contributed by atoms with Gasteiger partial charge in [0.15, 0.2) is 5.78 Å². The lowest BCUT2D eigenvalue weighted by molar-refractivity contribution is -0.140. The van der Waals surface area contributed by atoms with E-state index in [-0.39, 0.29) is 18.8 Å². The first-order valence-corrected chi connectivity index (χ1v) is 12.4. The van der Waals surface area contributed by atoms with Gasteiger partial charge in [0.25, 0.3) is 0 Å². The summed E-state index contributed by atoms with van der Waals surface area (Å²) in [5, 5.41) is 17.6. The van der Waals surface area contributed by atoms with Crippen molar-refractivity contribution in [2.24, 2.45) is 5.92 Å². The topological polar surface area (TPSA) is 167 Å². The predicted molar refractivity (Wildman–Crippen MR) is 141 cm³/mol. The number of amides is 3. The third-order valence-electron chi connectivity index (χ3n) is 5.53. The summed E-state index contributed by atoms with van der Waals surface area (Å²) in [6.07, 6.45) is 0.612. The zero-order valence-corrected chi connectivity index (χ0v) is 22.4. The summed E-state index contributed by atoms with van der Waals surface area (Å²) in [5.41, 5.74) is 0.829. The number of benzene rings is 1. The number of fused-ring (bicyclic) bond motifs is 1. The summed E-state index contributed by atoms with van der Waals surface area (Å²) in [5.74, 6) is -3.45. The smallest absolute Gasteiger partial charge is 0.408 e. The number of aromatic amines is 1. The van der Waals surface area contributed by atoms with Crippen LogP contribution in [0.4, 0.5) is 4.79 Å². The molecule has 5 N–H and O–H groups in total. The van der Waals surface area contributed by atoms with E-state index in [0.29, 0.717) is 0 Å². The molecule has 1 heterocycles. The summed E-state index contributed by atoms with van der Waals surface area (Å²) in [7, 11) is 0. The van der Waals surface area contributed by atoms with E-state index >= 15 is 0 Å². The van der Waals surface area contributed by atoms with E-state index < -0.39 is 59.8 Å². The molecule has 1 aromatic carbocycles. The lowest BCUT2D eigenvalue weighted by Crippen LogP contribution is -2.56. The zero-order valence-electron chi connectivity index (χ0n) is 22.4. The van der Waals surface area contributed by atoms with E-state index in [0.717, 1.165) is 16.5 Å². The molecule has 1 aromatic heterocycles. The number of carboxylic acids is 1. The van der Waals surface area contributed by atoms with Gasteiger partial charge >= 0.3 is 12.1 Å². The Hall–Kier alpha value is -3.89. The number of aliphatic carboxylic acids is 1. The van der Waals surface area contributed by atoms with Gasteiger partial charge in [-0.25, -0.2) is 4.79 Å². The number of para-hydroxylation sites is 1. The van der Waals surface area contributed by atoms with Gasteiger partial charge < -0.3 is 30.8 Å². The van der Waals surface area contributed by atoms with Gasteiger partial charge in [-0.1, -0.05) is 32.0 Å². The second-order valence-corrected chi connectivity index (χ2v) is 10.6. The van der Waals surface area contributed by atoms with E-state index in [1.165, 1.54) is 0 Å². The maximum atomic E-state index is 13.5. The van der Waals surface area contributed by atoms with E-state index in [2.05, 4.69) is 27.9 Å². The van der Waals surface area contributed by atoms with Crippen molar-refractivity contribution in [2.45, 2.75) is 77.6 Å². The number of carbonyl (C=O) groups is 5. The number of ether oxygens (including phenoxy) is 1. The molecule has 2 aromatic rings. The number of alkyl carbamates (subject to hydrolysis) is 1. The van der Waals surface area contributed by atoms with E-state index in [1.54, 1.807) is 27.0 Å². The first-order chi connectivity index (χ1) is 17.7. The molecule has 11 nitrogen and oxygen atoms in total. The molecular weight excluding hydrogens is 492 g/mol. The lowest BCUT2D eigenvalue weighted by atomic mass is 10.00. The van der Waals surface area contributed by atoms with Gasteiger partial charge in [-0.3, -0.25) is 19.2 Å². The fraction of sp³-hybridized carbons (Fsp3) is 0.481. The van der Waals surface area contributed by atoms with Crippen LogP contribution in [0.25, 0.3) is 10.9 Å². The molecule has 3 atom stereocenters. The highest BCUT2D eigenvalue weighted by Gasteiger charge is 2.31. The van der Waals surface area contributed by atoms with Crippen LogP contribution in [0.5, 0.6) is 0 Å². The molecule has 0 aliphatic carbocycles. The second kappa shape index (κ2) is 13.1. The van der Waals surface area contributed by atoms with Crippen molar-refractivity contribution in [2.75, 3.05) is 0 Å². The van der Waals surface area contributed by atoms with Gasteiger partial charge in [0, 0.05) is 30.4 Å². The number of Topliss-reactive ketones (excluding diaryl/α,β-unsaturated/α-hetero) is 1. The van der Waals surface area contributed by atoms with Crippen LogP contribution in [0, 0.1) is 12.8 Å². The Morgan fingerprint density at radius 1 is 0.974 bits per heavy atom. The van der Waals surface area contributed by atoms with E-state index in [4.69, 9.17) is 9.84 Å². The molecular formula is C27H37N4O7. The number of hydrogen-bond donors (Lipinski definition) is 5. The molecule has 0 spiro atoms. The first-order valence-electron chi connectivity index (χ1n) is 12.4. The van der Waals surface area contributed by atoms with Crippen molar-refractivity contribution in [3.05, 3.63) is 42.9 Å². The number of aromatic nitrogens is 1. The minimum atomic E-state index is -1.34. The van der Waals surface area contributed by atoms with Crippen molar-refractivity contribution in [3.8, 4) is 0 Å². The highest BCUT2D eigenvalue weighted by atomic mass is 16.6. The summed E-state index contributed by atoms with van der Waals surface area (Å²) < 4.78 is 5.34. The van der Waals surface area contributed by atoms with Crippen molar-refractivity contribution in [1.29, 1.82) is 0 Å². The highest BCUT2D eigenvalue weighted by molar-refractivity contribution is 5.97. The second-order valence-electron chi connectivity index (χ2n) is 10.6. The van der Waals surface area contributed by atoms with Crippen LogP contribution < -0.4 is 16.0 Å². The molecule has 0 fully saturated rings. The van der Waals surface area contributed by atoms with E-state index in [9.17, 15) is 24.0 Å². The van der Waals surface area contributed by atoms with Crippen LogP contribution in [0.15, 0.2) is 30.5 Å². The molecule has 0 saturated carbocycles. The number of rotatable bonds is 12. The van der Waals surface area contributed by atoms with Crippen molar-refractivity contribution in [3.63, 3.8) is 0 Å². The van der Waals surface area contributed by atoms with E-state index in [1.807, 2.05) is 38.1 Å². The Labute approximate surface area is 222 Å². The third-order valence-corrected chi connectivity index (χ3v) is 5.53. The highest BCUT2D eigenvalue weighted by Crippen LogP contribution is 2.20. The summed E-state index contributed by atoms with van der Waals surface area (Å²) in [4.78, 5) is 65.1. The Morgan fingerprint density at radius 2 is 1.58 bits per heavy atom. The molecule has 11 heteroatoms. The average molecular weight is 530 g/mol. The van der Waals surface area contributed by atoms with Crippen LogP contribution in [0.3, 0.4) is 0 Å². The maximum Gasteiger partial charge on any atom is 0.408 e. The molecule has 0 bridgehead atoms. The molecule has 1 radical (unpaired) electrons. The van der Waals surface area contributed by atoms with Gasteiger partial charge in [-0.05, 0) is 44.7 Å². The molecule has 207 valence electrons. The summed E-state index contributed by atoms with van der Waals surface area (Å²) >= 11 is 0. The minimum absolute atomic E-state index is 0.0368. The Kier molecular flexibility index (Phi) is 10.4. The van der Waals surface area contributed by atoms with Crippen molar-refractivity contribution in [1.82, 2.24) is 20.9 Å². The quantitative estimate of drug-likeness (QED) is 0.282. The largest absolute Gasteiger partial charge is 0.481 e. The summed E-state index contributed by atoms with van der Waals surface area (Å²) in [6, 6.07) is 3.96. The number of nitrogens with one attached hydrogen (secondary N) is 4. The van der Waals surface area contributed by atoms with Crippen molar-refractivity contribution >= 4 is 40.6 Å². The number of ketones is 1.